The van der Waals surface area contributed by atoms with E-state index < -0.39 is 11.9 Å². The lowest BCUT2D eigenvalue weighted by molar-refractivity contribution is -0.138. The van der Waals surface area contributed by atoms with Gasteiger partial charge in [0.05, 0.1) is 23.3 Å². The third-order valence-electron chi connectivity index (χ3n) is 9.08. The molecule has 3 N–H and O–H groups in total. The van der Waals surface area contributed by atoms with E-state index in [1.165, 1.54) is 24.0 Å². The number of nitrogens with one attached hydrogen (secondary N) is 1. The van der Waals surface area contributed by atoms with Crippen molar-refractivity contribution in [2.45, 2.75) is 83.9 Å². The van der Waals surface area contributed by atoms with Crippen molar-refractivity contribution in [3.05, 3.63) is 71.2 Å². The average Bonchev–Trinajstić information content (AvgIpc) is 3.74. The molecule has 0 amide bonds. The van der Waals surface area contributed by atoms with Gasteiger partial charge < -0.3 is 15.1 Å². The topological polar surface area (TPSA) is 85.3 Å². The molecule has 4 atom stereocenters. The van der Waals surface area contributed by atoms with Crippen LogP contribution in [0.25, 0.3) is 0 Å². The first kappa shape index (κ1) is 30.4. The van der Waals surface area contributed by atoms with Crippen LogP contribution in [0.3, 0.4) is 0 Å². The molecular formula is C33H49N3O4. The van der Waals surface area contributed by atoms with E-state index >= 15 is 0 Å². The highest BCUT2D eigenvalue weighted by Gasteiger charge is 2.44. The maximum Gasteiger partial charge on any atom is 0.314 e. The zero-order valence-electron chi connectivity index (χ0n) is 25.0. The smallest absolute Gasteiger partial charge is 0.314 e. The van der Waals surface area contributed by atoms with Crippen LogP contribution in [0.15, 0.2) is 71.2 Å². The number of nitrogens with zero attached hydrogens (tertiary/aromatic N) is 2. The number of allylic oxidation sites excluding steroid dienone is 6. The molecule has 4 aliphatic rings. The first-order valence-corrected chi connectivity index (χ1v) is 15.1. The lowest BCUT2D eigenvalue weighted by atomic mass is 9.80. The molecule has 2 heterocycles. The fraction of sp³-hybridized carbons (Fsp3) is 0.606. The SMILES string of the molecule is C/C=C(/CC)C1C(/C=C(\C)O)C(CN2CCC(CC(C)C3=CC=CC(C(=O)O)C=C3)(ONC)CC2)=CN1C1CC1. The fourth-order valence-corrected chi connectivity index (χ4v) is 6.79. The second kappa shape index (κ2) is 13.4. The largest absolute Gasteiger partial charge is 0.513 e. The van der Waals surface area contributed by atoms with Crippen LogP contribution < -0.4 is 5.48 Å². The quantitative estimate of drug-likeness (QED) is 0.158. The van der Waals surface area contributed by atoms with Crippen molar-refractivity contribution in [2.75, 3.05) is 26.7 Å². The molecule has 2 aliphatic heterocycles. The molecule has 40 heavy (non-hydrogen) atoms. The number of piperidine rings is 1. The number of hydrogen-bond donors (Lipinski definition) is 3. The molecule has 2 fully saturated rings. The van der Waals surface area contributed by atoms with Gasteiger partial charge >= 0.3 is 5.97 Å². The average molecular weight is 552 g/mol. The number of likely N-dealkylation sites (tertiary alicyclic amines) is 1. The fourth-order valence-electron chi connectivity index (χ4n) is 6.79. The number of aliphatic hydroxyl groups excluding tert-OH is 1. The highest BCUT2D eigenvalue weighted by molar-refractivity contribution is 5.74. The van der Waals surface area contributed by atoms with Gasteiger partial charge in [-0.2, -0.15) is 0 Å². The molecule has 0 aromatic heterocycles. The van der Waals surface area contributed by atoms with Crippen LogP contribution in [-0.4, -0.2) is 70.3 Å². The van der Waals surface area contributed by atoms with Gasteiger partial charge in [-0.1, -0.05) is 55.9 Å². The molecule has 4 unspecified atom stereocenters. The highest BCUT2D eigenvalue weighted by Crippen LogP contribution is 2.43. The predicted octanol–water partition coefficient (Wildman–Crippen LogP) is 5.92. The number of aliphatic carboxylic acids is 1. The summed E-state index contributed by atoms with van der Waals surface area (Å²) in [6, 6.07) is 0.916. The Bertz CT molecular complexity index is 1080. The van der Waals surface area contributed by atoms with Gasteiger partial charge in [-0.05, 0) is 75.5 Å². The van der Waals surface area contributed by atoms with Crippen LogP contribution >= 0.6 is 0 Å². The van der Waals surface area contributed by atoms with Gasteiger partial charge in [0, 0.05) is 44.8 Å². The Morgan fingerprint density at radius 1 is 1.25 bits per heavy atom. The minimum Gasteiger partial charge on any atom is -0.513 e. The van der Waals surface area contributed by atoms with Gasteiger partial charge in [-0.3, -0.25) is 14.5 Å². The Labute approximate surface area is 240 Å². The third-order valence-corrected chi connectivity index (χ3v) is 9.08. The Kier molecular flexibility index (Phi) is 10.1. The zero-order valence-corrected chi connectivity index (χ0v) is 25.0. The molecule has 220 valence electrons. The van der Waals surface area contributed by atoms with Gasteiger partial charge in [0.25, 0.3) is 0 Å². The van der Waals surface area contributed by atoms with Crippen molar-refractivity contribution >= 4 is 5.97 Å². The lowest BCUT2D eigenvalue weighted by Gasteiger charge is -2.43. The van der Waals surface area contributed by atoms with E-state index in [9.17, 15) is 15.0 Å². The van der Waals surface area contributed by atoms with Crippen molar-refractivity contribution in [3.8, 4) is 0 Å². The molecule has 0 spiro atoms. The molecule has 7 nitrogen and oxygen atoms in total. The standard InChI is InChI=1S/C33H49N3O4/c1-6-25(7-2)31-30(19-24(4)37)28(22-36(31)29-13-14-29)21-35-17-15-33(16-18-35,40-34-5)20-23(3)26-9-8-10-27(12-11-26)32(38)39/h6,8-12,19,22-23,27,29-31,34,37H,7,13-18,20-21H2,1-5H3,(H,38,39)/b24-19+,25-6-. The van der Waals surface area contributed by atoms with Crippen LogP contribution in [0.5, 0.6) is 0 Å². The van der Waals surface area contributed by atoms with Gasteiger partial charge in [-0.15, -0.1) is 0 Å². The summed E-state index contributed by atoms with van der Waals surface area (Å²) in [6.45, 7) is 11.1. The number of carbonyl (C=O) groups is 1. The Balaban J connectivity index is 1.44. The number of aliphatic hydroxyl groups is 1. The molecule has 1 saturated carbocycles. The summed E-state index contributed by atoms with van der Waals surface area (Å²) < 4.78 is 0. The predicted molar refractivity (Wildman–Crippen MR) is 160 cm³/mol. The second-order valence-electron chi connectivity index (χ2n) is 12.0. The molecular weight excluding hydrogens is 502 g/mol. The van der Waals surface area contributed by atoms with Crippen LogP contribution in [0, 0.1) is 17.8 Å². The molecule has 7 heteroatoms. The molecule has 2 aliphatic carbocycles. The van der Waals surface area contributed by atoms with Gasteiger partial charge in [0.15, 0.2) is 0 Å². The van der Waals surface area contributed by atoms with Crippen molar-refractivity contribution in [2.24, 2.45) is 17.8 Å². The van der Waals surface area contributed by atoms with Crippen LogP contribution in [0.1, 0.15) is 66.2 Å². The van der Waals surface area contributed by atoms with E-state index in [-0.39, 0.29) is 17.4 Å². The Morgan fingerprint density at radius 2 is 1.98 bits per heavy atom. The molecule has 0 aromatic carbocycles. The number of hydroxylamine groups is 1. The van der Waals surface area contributed by atoms with E-state index in [1.54, 1.807) is 19.1 Å². The molecule has 0 aromatic rings. The number of carboxylic acids is 1. The Hall–Kier alpha value is -2.61. The van der Waals surface area contributed by atoms with Gasteiger partial charge in [0.2, 0.25) is 0 Å². The summed E-state index contributed by atoms with van der Waals surface area (Å²) in [4.78, 5) is 22.8. The van der Waals surface area contributed by atoms with Gasteiger partial charge in [-0.25, -0.2) is 5.48 Å². The van der Waals surface area contributed by atoms with E-state index in [2.05, 4.69) is 54.4 Å². The van der Waals surface area contributed by atoms with Crippen LogP contribution in [0.2, 0.25) is 0 Å². The minimum absolute atomic E-state index is 0.189. The van der Waals surface area contributed by atoms with E-state index in [1.807, 2.05) is 25.3 Å². The highest BCUT2D eigenvalue weighted by atomic mass is 16.7. The van der Waals surface area contributed by atoms with Crippen molar-refractivity contribution in [1.82, 2.24) is 15.3 Å². The molecule has 0 radical (unpaired) electrons. The first-order chi connectivity index (χ1) is 19.2. The maximum atomic E-state index is 11.4. The summed E-state index contributed by atoms with van der Waals surface area (Å²) in [7, 11) is 1.83. The minimum atomic E-state index is -0.829. The molecule has 4 rings (SSSR count). The summed E-state index contributed by atoms with van der Waals surface area (Å²) in [6.07, 6.45) is 22.3. The summed E-state index contributed by atoms with van der Waals surface area (Å²) >= 11 is 0. The lowest BCUT2D eigenvalue weighted by Crippen LogP contribution is -2.49. The summed E-state index contributed by atoms with van der Waals surface area (Å²) in [5.41, 5.74) is 6.67. The first-order valence-electron chi connectivity index (χ1n) is 15.1. The number of rotatable bonds is 12. The van der Waals surface area contributed by atoms with Crippen LogP contribution in [0.4, 0.5) is 0 Å². The van der Waals surface area contributed by atoms with Crippen LogP contribution in [-0.2, 0) is 9.63 Å². The monoisotopic (exact) mass is 551 g/mol. The maximum absolute atomic E-state index is 11.4. The Morgan fingerprint density at radius 3 is 2.55 bits per heavy atom. The second-order valence-corrected chi connectivity index (χ2v) is 12.0. The van der Waals surface area contributed by atoms with E-state index in [0.717, 1.165) is 50.9 Å². The van der Waals surface area contributed by atoms with E-state index in [4.69, 9.17) is 4.84 Å². The normalized spacial score (nSPS) is 28.3. The van der Waals surface area contributed by atoms with Gasteiger partial charge in [0.1, 0.15) is 0 Å². The third kappa shape index (κ3) is 7.17. The zero-order chi connectivity index (χ0) is 28.9. The number of carboxylic acid groups (broad SMARTS) is 1. The van der Waals surface area contributed by atoms with Crippen molar-refractivity contribution < 1.29 is 19.8 Å². The number of hydrogen-bond acceptors (Lipinski definition) is 6. The summed E-state index contributed by atoms with van der Waals surface area (Å²) in [5.74, 6) is -0.598. The van der Waals surface area contributed by atoms with Crippen molar-refractivity contribution in [1.29, 1.82) is 0 Å². The van der Waals surface area contributed by atoms with E-state index in [0.29, 0.717) is 17.8 Å². The molecule has 1 saturated heterocycles. The van der Waals surface area contributed by atoms with Crippen molar-refractivity contribution in [3.63, 3.8) is 0 Å². The summed E-state index contributed by atoms with van der Waals surface area (Å²) in [5, 5.41) is 19.7. The molecule has 0 bridgehead atoms.